The second-order valence-corrected chi connectivity index (χ2v) is 7.85. The third-order valence-corrected chi connectivity index (χ3v) is 4.91. The average molecular weight is 530 g/mol. The van der Waals surface area contributed by atoms with E-state index >= 15 is 0 Å². The van der Waals surface area contributed by atoms with E-state index < -0.39 is 0 Å². The molecule has 1 aliphatic rings. The fourth-order valence-corrected chi connectivity index (χ4v) is 3.34. The van der Waals surface area contributed by atoms with Crippen molar-refractivity contribution in [1.29, 1.82) is 0 Å². The van der Waals surface area contributed by atoms with Gasteiger partial charge in [0.15, 0.2) is 5.96 Å². The van der Waals surface area contributed by atoms with Gasteiger partial charge in [-0.15, -0.1) is 24.0 Å². The lowest BCUT2D eigenvalue weighted by Crippen LogP contribution is -2.39. The molecule has 1 saturated heterocycles. The van der Waals surface area contributed by atoms with Gasteiger partial charge in [-0.2, -0.15) is 0 Å². The van der Waals surface area contributed by atoms with Crippen LogP contribution >= 0.6 is 24.0 Å². The summed E-state index contributed by atoms with van der Waals surface area (Å²) in [6, 6.07) is 8.39. The predicted octanol–water partition coefficient (Wildman–Crippen LogP) is 4.08. The number of hydrogen-bond acceptors (Lipinski definition) is 3. The van der Waals surface area contributed by atoms with Crippen LogP contribution in [0.2, 0.25) is 0 Å². The number of carbonyl (C=O) groups excluding carboxylic acids is 1. The fraction of sp³-hybridized carbons (Fsp3) is 0.652. The first-order chi connectivity index (χ1) is 14.1. The van der Waals surface area contributed by atoms with Gasteiger partial charge >= 0.3 is 0 Å². The molecule has 7 heteroatoms. The van der Waals surface area contributed by atoms with Crippen molar-refractivity contribution in [2.45, 2.75) is 72.1 Å². The summed E-state index contributed by atoms with van der Waals surface area (Å²) in [6.45, 7) is 10.8. The highest BCUT2D eigenvalue weighted by molar-refractivity contribution is 14.0. The molecule has 6 nitrogen and oxygen atoms in total. The van der Waals surface area contributed by atoms with Crippen LogP contribution in [0.3, 0.4) is 0 Å². The molecule has 0 aromatic heterocycles. The van der Waals surface area contributed by atoms with Gasteiger partial charge < -0.3 is 20.3 Å². The summed E-state index contributed by atoms with van der Waals surface area (Å²) in [5.41, 5.74) is 2.34. The molecule has 2 rings (SSSR count). The van der Waals surface area contributed by atoms with Gasteiger partial charge in [-0.1, -0.05) is 30.7 Å². The molecule has 0 unspecified atom stereocenters. The van der Waals surface area contributed by atoms with Crippen molar-refractivity contribution in [2.75, 3.05) is 26.2 Å². The number of hydrogen-bond donors (Lipinski definition) is 2. The zero-order valence-electron chi connectivity index (χ0n) is 18.8. The van der Waals surface area contributed by atoms with E-state index in [9.17, 15) is 4.79 Å². The molecule has 1 aromatic rings. The van der Waals surface area contributed by atoms with Crippen LogP contribution in [-0.2, 0) is 22.7 Å². The number of aliphatic imine (C=N–C) groups is 1. The molecule has 30 heavy (non-hydrogen) atoms. The standard InChI is InChI=1S/C23H38N4O2.HI/c1-4-24-23(25-13-9-15-27-14-7-5-6-12-22(27)28)26-17-20-10-8-11-21(16-20)18-29-19(2)3;/h8,10-11,16,19H,4-7,9,12-15,17-18H2,1-3H3,(H2,24,25,26);1H. The van der Waals surface area contributed by atoms with Crippen molar-refractivity contribution in [3.63, 3.8) is 0 Å². The Hall–Kier alpha value is -1.35. The first-order valence-corrected chi connectivity index (χ1v) is 11.1. The fourth-order valence-electron chi connectivity index (χ4n) is 3.34. The topological polar surface area (TPSA) is 66.0 Å². The molecule has 2 N–H and O–H groups in total. The monoisotopic (exact) mass is 530 g/mol. The first kappa shape index (κ1) is 26.7. The quantitative estimate of drug-likeness (QED) is 0.207. The minimum atomic E-state index is 0. The molecule has 0 spiro atoms. The normalized spacial score (nSPS) is 15.0. The van der Waals surface area contributed by atoms with Gasteiger partial charge in [-0.25, -0.2) is 4.99 Å². The number of carbonyl (C=O) groups is 1. The van der Waals surface area contributed by atoms with Crippen LogP contribution in [0.1, 0.15) is 64.0 Å². The molecule has 0 radical (unpaired) electrons. The zero-order chi connectivity index (χ0) is 20.9. The lowest BCUT2D eigenvalue weighted by Gasteiger charge is -2.20. The van der Waals surface area contributed by atoms with E-state index in [2.05, 4.69) is 41.8 Å². The second-order valence-electron chi connectivity index (χ2n) is 7.85. The Labute approximate surface area is 199 Å². The Bertz CT molecular complexity index is 652. The number of amides is 1. The van der Waals surface area contributed by atoms with Crippen molar-refractivity contribution in [3.05, 3.63) is 35.4 Å². The average Bonchev–Trinajstić information content (AvgIpc) is 2.92. The van der Waals surface area contributed by atoms with Crippen LogP contribution in [-0.4, -0.2) is 49.0 Å². The summed E-state index contributed by atoms with van der Waals surface area (Å²) in [5, 5.41) is 6.69. The smallest absolute Gasteiger partial charge is 0.222 e. The van der Waals surface area contributed by atoms with E-state index in [0.717, 1.165) is 51.4 Å². The Kier molecular flexibility index (Phi) is 13.7. The lowest BCUT2D eigenvalue weighted by atomic mass is 10.1. The predicted molar refractivity (Wildman–Crippen MR) is 134 cm³/mol. The Balaban J connectivity index is 0.00000450. The minimum Gasteiger partial charge on any atom is -0.374 e. The Morgan fingerprint density at radius 1 is 1.20 bits per heavy atom. The lowest BCUT2D eigenvalue weighted by molar-refractivity contribution is -0.130. The molecule has 1 aromatic carbocycles. The molecule has 0 bridgehead atoms. The van der Waals surface area contributed by atoms with Gasteiger partial charge in [-0.3, -0.25) is 4.79 Å². The van der Waals surface area contributed by atoms with Gasteiger partial charge in [-0.05, 0) is 51.2 Å². The van der Waals surface area contributed by atoms with E-state index in [4.69, 9.17) is 9.73 Å². The van der Waals surface area contributed by atoms with Crippen LogP contribution < -0.4 is 10.6 Å². The highest BCUT2D eigenvalue weighted by Crippen LogP contribution is 2.11. The number of likely N-dealkylation sites (tertiary alicyclic amines) is 1. The third-order valence-electron chi connectivity index (χ3n) is 4.91. The number of ether oxygens (including phenoxy) is 1. The van der Waals surface area contributed by atoms with Gasteiger partial charge in [0.2, 0.25) is 5.91 Å². The SMILES string of the molecule is CCNC(=NCc1cccc(COC(C)C)c1)NCCCN1CCCCCC1=O.I. The summed E-state index contributed by atoms with van der Waals surface area (Å²) in [7, 11) is 0. The maximum absolute atomic E-state index is 12.1. The zero-order valence-corrected chi connectivity index (χ0v) is 21.1. The summed E-state index contributed by atoms with van der Waals surface area (Å²) in [6.07, 6.45) is 5.20. The van der Waals surface area contributed by atoms with Crippen LogP contribution in [0.25, 0.3) is 0 Å². The van der Waals surface area contributed by atoms with E-state index in [1.165, 1.54) is 17.5 Å². The maximum Gasteiger partial charge on any atom is 0.222 e. The molecule has 0 saturated carbocycles. The van der Waals surface area contributed by atoms with Crippen LogP contribution in [0.5, 0.6) is 0 Å². The number of nitrogens with one attached hydrogen (secondary N) is 2. The Morgan fingerprint density at radius 2 is 2.00 bits per heavy atom. The highest BCUT2D eigenvalue weighted by atomic mass is 127. The maximum atomic E-state index is 12.1. The molecule has 1 aliphatic heterocycles. The minimum absolute atomic E-state index is 0. The van der Waals surface area contributed by atoms with E-state index in [1.807, 2.05) is 18.7 Å². The summed E-state index contributed by atoms with van der Waals surface area (Å²) < 4.78 is 5.69. The van der Waals surface area contributed by atoms with Crippen LogP contribution in [0.4, 0.5) is 0 Å². The molecular formula is C23H39IN4O2. The molecular weight excluding hydrogens is 491 g/mol. The van der Waals surface area contributed by atoms with Crippen molar-refractivity contribution < 1.29 is 9.53 Å². The summed E-state index contributed by atoms with van der Waals surface area (Å²) in [4.78, 5) is 18.8. The molecule has 0 aliphatic carbocycles. The molecule has 170 valence electrons. The first-order valence-electron chi connectivity index (χ1n) is 11.1. The largest absolute Gasteiger partial charge is 0.374 e. The summed E-state index contributed by atoms with van der Waals surface area (Å²) >= 11 is 0. The number of halogens is 1. The van der Waals surface area contributed by atoms with Crippen molar-refractivity contribution in [3.8, 4) is 0 Å². The van der Waals surface area contributed by atoms with Crippen molar-refractivity contribution in [1.82, 2.24) is 15.5 Å². The van der Waals surface area contributed by atoms with Crippen LogP contribution in [0, 0.1) is 0 Å². The number of nitrogens with zero attached hydrogens (tertiary/aromatic N) is 2. The highest BCUT2D eigenvalue weighted by Gasteiger charge is 2.15. The van der Waals surface area contributed by atoms with Crippen molar-refractivity contribution in [2.24, 2.45) is 4.99 Å². The van der Waals surface area contributed by atoms with E-state index in [1.54, 1.807) is 0 Å². The van der Waals surface area contributed by atoms with Crippen molar-refractivity contribution >= 4 is 35.8 Å². The van der Waals surface area contributed by atoms with Gasteiger partial charge in [0.05, 0.1) is 19.3 Å². The number of guanidine groups is 1. The molecule has 1 amide bonds. The Morgan fingerprint density at radius 3 is 2.77 bits per heavy atom. The van der Waals surface area contributed by atoms with Crippen LogP contribution in [0.15, 0.2) is 29.3 Å². The van der Waals surface area contributed by atoms with E-state index in [0.29, 0.717) is 25.5 Å². The second kappa shape index (κ2) is 15.5. The third kappa shape index (κ3) is 10.6. The molecule has 1 heterocycles. The summed E-state index contributed by atoms with van der Waals surface area (Å²) in [5.74, 6) is 1.13. The number of rotatable bonds is 10. The van der Waals surface area contributed by atoms with Gasteiger partial charge in [0, 0.05) is 32.6 Å². The van der Waals surface area contributed by atoms with Gasteiger partial charge in [0.25, 0.3) is 0 Å². The number of benzene rings is 1. The molecule has 1 fully saturated rings. The van der Waals surface area contributed by atoms with E-state index in [-0.39, 0.29) is 30.1 Å². The van der Waals surface area contributed by atoms with Gasteiger partial charge in [0.1, 0.15) is 0 Å². The molecule has 0 atom stereocenters.